The molecule has 0 aliphatic rings. The molecule has 2 N–H and O–H groups in total. The number of benzene rings is 2. The van der Waals surface area contributed by atoms with Crippen LogP contribution in [0, 0.1) is 11.6 Å². The molecule has 0 saturated heterocycles. The summed E-state index contributed by atoms with van der Waals surface area (Å²) in [6.45, 7) is 0.441. The summed E-state index contributed by atoms with van der Waals surface area (Å²) in [5.74, 6) is -2.72. The van der Waals surface area contributed by atoms with E-state index in [0.29, 0.717) is 11.4 Å². The fraction of sp³-hybridized carbons (Fsp3) is 0.350. The summed E-state index contributed by atoms with van der Waals surface area (Å²) >= 11 is 5.92. The molecule has 0 aliphatic heterocycles. The van der Waals surface area contributed by atoms with Gasteiger partial charge in [0.05, 0.1) is 25.7 Å². The van der Waals surface area contributed by atoms with Crippen LogP contribution in [0.5, 0.6) is 0 Å². The first kappa shape index (κ1) is 22.2. The third kappa shape index (κ3) is 6.53. The number of halogens is 3. The van der Waals surface area contributed by atoms with E-state index in [1.807, 2.05) is 0 Å². The lowest BCUT2D eigenvalue weighted by atomic mass is 9.85. The Labute approximate surface area is 167 Å². The maximum Gasteiger partial charge on any atom is 0.245 e. The van der Waals surface area contributed by atoms with Crippen LogP contribution in [0.3, 0.4) is 0 Å². The van der Waals surface area contributed by atoms with Gasteiger partial charge in [-0.25, -0.2) is 14.3 Å². The Morgan fingerprint density at radius 1 is 1.18 bits per heavy atom. The minimum atomic E-state index is -0.780. The SMILES string of the molecule is COCCO[C@H](CC(=O)NO)C(Cc1ccc(Cl)cc1)c1ccc(F)cc1F. The lowest BCUT2D eigenvalue weighted by molar-refractivity contribution is -0.133. The average Bonchev–Trinajstić information content (AvgIpc) is 2.67. The van der Waals surface area contributed by atoms with Crippen LogP contribution in [-0.4, -0.2) is 37.5 Å². The second-order valence-electron chi connectivity index (χ2n) is 6.24. The van der Waals surface area contributed by atoms with E-state index in [4.69, 9.17) is 26.3 Å². The van der Waals surface area contributed by atoms with Gasteiger partial charge in [-0.15, -0.1) is 0 Å². The largest absolute Gasteiger partial charge is 0.382 e. The third-order valence-corrected chi connectivity index (χ3v) is 4.56. The molecule has 2 aromatic rings. The van der Waals surface area contributed by atoms with Gasteiger partial charge in [-0.1, -0.05) is 29.8 Å². The first-order valence-corrected chi connectivity index (χ1v) is 9.05. The molecule has 28 heavy (non-hydrogen) atoms. The molecular weight excluding hydrogens is 392 g/mol. The topological polar surface area (TPSA) is 67.8 Å². The van der Waals surface area contributed by atoms with Crippen molar-refractivity contribution >= 4 is 17.5 Å². The Bertz CT molecular complexity index is 773. The monoisotopic (exact) mass is 413 g/mol. The summed E-state index contributed by atoms with van der Waals surface area (Å²) in [7, 11) is 1.50. The number of nitrogens with one attached hydrogen (secondary N) is 1. The minimum Gasteiger partial charge on any atom is -0.382 e. The van der Waals surface area contributed by atoms with Crippen LogP contribution < -0.4 is 5.48 Å². The zero-order valence-corrected chi connectivity index (χ0v) is 16.1. The van der Waals surface area contributed by atoms with E-state index < -0.39 is 29.6 Å². The van der Waals surface area contributed by atoms with Gasteiger partial charge in [-0.2, -0.15) is 0 Å². The van der Waals surface area contributed by atoms with Crippen molar-refractivity contribution in [1.82, 2.24) is 5.48 Å². The van der Waals surface area contributed by atoms with Crippen molar-refractivity contribution in [2.24, 2.45) is 0 Å². The summed E-state index contributed by atoms with van der Waals surface area (Å²) in [6.07, 6.45) is -0.677. The van der Waals surface area contributed by atoms with Crippen molar-refractivity contribution in [1.29, 1.82) is 0 Å². The summed E-state index contributed by atoms with van der Waals surface area (Å²) < 4.78 is 38.7. The van der Waals surface area contributed by atoms with Crippen LogP contribution in [-0.2, 0) is 20.7 Å². The van der Waals surface area contributed by atoms with E-state index >= 15 is 0 Å². The number of hydrogen-bond donors (Lipinski definition) is 2. The molecule has 0 aliphatic carbocycles. The average molecular weight is 414 g/mol. The van der Waals surface area contributed by atoms with E-state index in [-0.39, 0.29) is 25.2 Å². The molecule has 8 heteroatoms. The Kier molecular flexibility index (Phi) is 8.79. The number of hydroxylamine groups is 1. The van der Waals surface area contributed by atoms with Crippen molar-refractivity contribution in [2.75, 3.05) is 20.3 Å². The predicted molar refractivity (Wildman–Crippen MR) is 100 cm³/mol. The van der Waals surface area contributed by atoms with Crippen LogP contribution in [0.4, 0.5) is 8.78 Å². The number of ether oxygens (including phenoxy) is 2. The Morgan fingerprint density at radius 3 is 2.50 bits per heavy atom. The molecule has 1 amide bonds. The van der Waals surface area contributed by atoms with Crippen LogP contribution in [0.25, 0.3) is 0 Å². The highest BCUT2D eigenvalue weighted by atomic mass is 35.5. The van der Waals surface area contributed by atoms with Crippen molar-refractivity contribution in [2.45, 2.75) is 24.9 Å². The number of carbonyl (C=O) groups excluding carboxylic acids is 1. The zero-order chi connectivity index (χ0) is 20.5. The molecule has 152 valence electrons. The van der Waals surface area contributed by atoms with Crippen LogP contribution >= 0.6 is 11.6 Å². The van der Waals surface area contributed by atoms with Crippen molar-refractivity contribution in [3.63, 3.8) is 0 Å². The molecule has 2 rings (SSSR count). The molecule has 0 heterocycles. The van der Waals surface area contributed by atoms with Crippen molar-refractivity contribution in [3.05, 3.63) is 70.2 Å². The second-order valence-corrected chi connectivity index (χ2v) is 6.68. The molecule has 0 saturated carbocycles. The highest BCUT2D eigenvalue weighted by Crippen LogP contribution is 2.31. The van der Waals surface area contributed by atoms with Gasteiger partial charge in [0, 0.05) is 24.1 Å². The van der Waals surface area contributed by atoms with Gasteiger partial charge in [0.25, 0.3) is 0 Å². The zero-order valence-electron chi connectivity index (χ0n) is 15.3. The van der Waals surface area contributed by atoms with Gasteiger partial charge >= 0.3 is 0 Å². The highest BCUT2D eigenvalue weighted by molar-refractivity contribution is 6.30. The quantitative estimate of drug-likeness (QED) is 0.352. The molecule has 0 aromatic heterocycles. The lowest BCUT2D eigenvalue weighted by Crippen LogP contribution is -2.33. The Balaban J connectivity index is 2.38. The van der Waals surface area contributed by atoms with Crippen LogP contribution in [0.2, 0.25) is 5.02 Å². The number of carbonyl (C=O) groups is 1. The first-order chi connectivity index (χ1) is 13.4. The Morgan fingerprint density at radius 2 is 1.89 bits per heavy atom. The fourth-order valence-corrected chi connectivity index (χ4v) is 3.07. The van der Waals surface area contributed by atoms with Crippen LogP contribution in [0.1, 0.15) is 23.5 Å². The normalized spacial score (nSPS) is 13.2. The second kappa shape index (κ2) is 11.1. The van der Waals surface area contributed by atoms with Gasteiger partial charge in [0.15, 0.2) is 0 Å². The van der Waals surface area contributed by atoms with Crippen molar-refractivity contribution < 1.29 is 28.3 Å². The van der Waals surface area contributed by atoms with Gasteiger partial charge in [-0.05, 0) is 35.7 Å². The Hall–Kier alpha value is -2.06. The molecule has 0 fully saturated rings. The first-order valence-electron chi connectivity index (χ1n) is 8.67. The standard InChI is InChI=1S/C20H22ClF2NO4/c1-27-8-9-28-19(12-20(25)24-26)17(10-13-2-4-14(21)5-3-13)16-7-6-15(22)11-18(16)23/h2-7,11,17,19,26H,8-10,12H2,1H3,(H,24,25)/t17?,19-/m1/s1. The molecule has 0 spiro atoms. The fourth-order valence-electron chi connectivity index (χ4n) is 2.95. The predicted octanol–water partition coefficient (Wildman–Crippen LogP) is 3.87. The number of amides is 1. The molecule has 0 radical (unpaired) electrons. The molecule has 2 aromatic carbocycles. The van der Waals surface area contributed by atoms with Crippen LogP contribution in [0.15, 0.2) is 42.5 Å². The number of hydrogen-bond acceptors (Lipinski definition) is 4. The van der Waals surface area contributed by atoms with Crippen molar-refractivity contribution in [3.8, 4) is 0 Å². The minimum absolute atomic E-state index is 0.166. The highest BCUT2D eigenvalue weighted by Gasteiger charge is 2.29. The molecule has 2 atom stereocenters. The van der Waals surface area contributed by atoms with E-state index in [2.05, 4.69) is 0 Å². The van der Waals surface area contributed by atoms with E-state index in [1.54, 1.807) is 29.7 Å². The van der Waals surface area contributed by atoms with Gasteiger partial charge in [0.1, 0.15) is 11.6 Å². The molecule has 0 bridgehead atoms. The summed E-state index contributed by atoms with van der Waals surface area (Å²) in [5.41, 5.74) is 2.61. The van der Waals surface area contributed by atoms with E-state index in [0.717, 1.165) is 17.7 Å². The lowest BCUT2D eigenvalue weighted by Gasteiger charge is -2.28. The molecule has 1 unspecified atom stereocenters. The summed E-state index contributed by atoms with van der Waals surface area (Å²) in [6, 6.07) is 10.3. The summed E-state index contributed by atoms with van der Waals surface area (Å²) in [5, 5.41) is 9.46. The smallest absolute Gasteiger partial charge is 0.245 e. The maximum absolute atomic E-state index is 14.5. The van der Waals surface area contributed by atoms with Gasteiger partial charge in [0.2, 0.25) is 5.91 Å². The maximum atomic E-state index is 14.5. The van der Waals surface area contributed by atoms with Gasteiger partial charge < -0.3 is 9.47 Å². The van der Waals surface area contributed by atoms with Gasteiger partial charge in [-0.3, -0.25) is 10.0 Å². The third-order valence-electron chi connectivity index (χ3n) is 4.31. The molecular formula is C20H22ClF2NO4. The number of rotatable bonds is 10. The van der Waals surface area contributed by atoms with E-state index in [9.17, 15) is 13.6 Å². The summed E-state index contributed by atoms with van der Waals surface area (Å²) in [4.78, 5) is 11.8. The van der Waals surface area contributed by atoms with E-state index in [1.165, 1.54) is 13.2 Å². The number of methoxy groups -OCH3 is 1. The molecule has 5 nitrogen and oxygen atoms in total.